The van der Waals surface area contributed by atoms with Crippen molar-refractivity contribution in [1.29, 1.82) is 0 Å². The molecule has 2 heterocycles. The van der Waals surface area contributed by atoms with E-state index in [1.807, 2.05) is 0 Å². The van der Waals surface area contributed by atoms with Gasteiger partial charge in [-0.25, -0.2) is 28.8 Å². The lowest BCUT2D eigenvalue weighted by Gasteiger charge is -2.30. The quantitative estimate of drug-likeness (QED) is 0.751. The summed E-state index contributed by atoms with van der Waals surface area (Å²) < 4.78 is 35.6. The van der Waals surface area contributed by atoms with Crippen molar-refractivity contribution in [2.24, 2.45) is 0 Å². The average Bonchev–Trinajstić information content (AvgIpc) is 3.35. The summed E-state index contributed by atoms with van der Waals surface area (Å²) in [7, 11) is 0. The number of anilines is 2. The van der Waals surface area contributed by atoms with Gasteiger partial charge in [0.15, 0.2) is 5.82 Å². The molecule has 1 saturated carbocycles. The molecule has 0 spiro atoms. The van der Waals surface area contributed by atoms with E-state index in [9.17, 15) is 18.8 Å². The van der Waals surface area contributed by atoms with Crippen LogP contribution in [0.5, 0.6) is 0 Å². The number of amides is 4. The minimum absolute atomic E-state index is 0.0256. The van der Waals surface area contributed by atoms with Gasteiger partial charge in [0, 0.05) is 19.1 Å². The third kappa shape index (κ3) is 4.41. The molecule has 1 aromatic carbocycles. The van der Waals surface area contributed by atoms with E-state index in [1.165, 1.54) is 4.90 Å². The van der Waals surface area contributed by atoms with Crippen LogP contribution in [-0.4, -0.2) is 48.8 Å². The summed E-state index contributed by atoms with van der Waals surface area (Å²) >= 11 is 0. The molecule has 0 bridgehead atoms. The van der Waals surface area contributed by atoms with Crippen LogP contribution in [0.3, 0.4) is 0 Å². The number of hydrogen-bond donors (Lipinski definition) is 2. The Morgan fingerprint density at radius 2 is 1.87 bits per heavy atom. The maximum Gasteiger partial charge on any atom is 0.407 e. The molecule has 0 aromatic heterocycles. The largest absolute Gasteiger partial charge is 0.444 e. The Bertz CT molecular complexity index is 944. The van der Waals surface area contributed by atoms with Crippen LogP contribution in [0.25, 0.3) is 0 Å². The van der Waals surface area contributed by atoms with Crippen molar-refractivity contribution in [3.63, 3.8) is 0 Å². The van der Waals surface area contributed by atoms with E-state index in [4.69, 9.17) is 4.74 Å². The van der Waals surface area contributed by atoms with Crippen LogP contribution in [-0.2, 0) is 4.74 Å². The predicted molar refractivity (Wildman–Crippen MR) is 107 cm³/mol. The smallest absolute Gasteiger partial charge is 0.407 e. The fourth-order valence-electron chi connectivity index (χ4n) is 3.63. The van der Waals surface area contributed by atoms with Crippen LogP contribution in [0.15, 0.2) is 6.07 Å². The Morgan fingerprint density at radius 1 is 1.16 bits per heavy atom. The third-order valence-electron chi connectivity index (χ3n) is 5.13. The molecule has 11 heteroatoms. The predicted octanol–water partition coefficient (Wildman–Crippen LogP) is 2.42. The van der Waals surface area contributed by atoms with Gasteiger partial charge >= 0.3 is 12.1 Å². The Hall–Kier alpha value is -2.95. The molecule has 1 aromatic rings. The Balaban J connectivity index is 1.58. The zero-order valence-corrected chi connectivity index (χ0v) is 17.5. The first-order chi connectivity index (χ1) is 14.5. The maximum absolute atomic E-state index is 15.5. The molecule has 4 amide bonds. The van der Waals surface area contributed by atoms with Crippen LogP contribution in [0.4, 0.5) is 29.7 Å². The maximum atomic E-state index is 15.5. The molecule has 1 saturated heterocycles. The van der Waals surface area contributed by atoms with Crippen molar-refractivity contribution >= 4 is 29.4 Å². The fourth-order valence-corrected chi connectivity index (χ4v) is 3.63. The number of carbonyl (C=O) groups is 3. The third-order valence-corrected chi connectivity index (χ3v) is 5.13. The molecule has 1 aliphatic carbocycles. The number of rotatable bonds is 4. The number of imide groups is 1. The Kier molecular flexibility index (Phi) is 5.24. The number of hydrogen-bond acceptors (Lipinski definition) is 6. The van der Waals surface area contributed by atoms with Crippen molar-refractivity contribution in [3.8, 4) is 0 Å². The summed E-state index contributed by atoms with van der Waals surface area (Å²) in [4.78, 5) is 37.8. The second-order valence-corrected chi connectivity index (χ2v) is 8.93. The standard InChI is InChI=1S/C20H24F2N5O4/c1-20(2,3)31-19(30)23-11-6-7-26(9-11)16-13(21)8-12-15(14(16)22)27(25-10-4-5-10)18(29)24-17(12)28/h8,10-11,25H,4-7,9H2,1-3H3,(H,23,30)/t11-/m0/s1. The Labute approximate surface area is 178 Å². The van der Waals surface area contributed by atoms with Gasteiger partial charge in [-0.05, 0) is 46.1 Å². The van der Waals surface area contributed by atoms with Gasteiger partial charge < -0.3 is 15.0 Å². The van der Waals surface area contributed by atoms with E-state index >= 15 is 4.39 Å². The van der Waals surface area contributed by atoms with Crippen LogP contribution >= 0.6 is 0 Å². The van der Waals surface area contributed by atoms with E-state index in [1.54, 1.807) is 20.8 Å². The number of fused-ring (bicyclic) bond motifs is 1. The number of nitrogens with one attached hydrogen (secondary N) is 2. The first kappa shape index (κ1) is 21.3. The van der Waals surface area contributed by atoms with Crippen molar-refractivity contribution in [3.05, 3.63) is 23.3 Å². The number of ether oxygens (including phenoxy) is 1. The van der Waals surface area contributed by atoms with Gasteiger partial charge in [0.2, 0.25) is 0 Å². The molecule has 31 heavy (non-hydrogen) atoms. The van der Waals surface area contributed by atoms with E-state index in [2.05, 4.69) is 16.1 Å². The molecule has 4 rings (SSSR count). The highest BCUT2D eigenvalue weighted by Gasteiger charge is 2.40. The van der Waals surface area contributed by atoms with Gasteiger partial charge in [0.05, 0.1) is 11.6 Å². The van der Waals surface area contributed by atoms with Crippen molar-refractivity contribution in [1.82, 2.24) is 16.1 Å². The van der Waals surface area contributed by atoms with Gasteiger partial charge in [0.1, 0.15) is 22.8 Å². The van der Waals surface area contributed by atoms with Gasteiger partial charge in [-0.1, -0.05) is 0 Å². The molecular formula is C20H24F2N5O4. The number of halogens is 2. The summed E-state index contributed by atoms with van der Waals surface area (Å²) in [5, 5.41) is 6.93. The molecular weight excluding hydrogens is 412 g/mol. The van der Waals surface area contributed by atoms with E-state index in [0.29, 0.717) is 6.42 Å². The molecule has 1 atom stereocenters. The normalized spacial score (nSPS) is 21.1. The van der Waals surface area contributed by atoms with E-state index < -0.39 is 35.3 Å². The molecule has 2 N–H and O–H groups in total. The summed E-state index contributed by atoms with van der Waals surface area (Å²) in [5.74, 6) is -2.93. The molecule has 167 valence electrons. The van der Waals surface area contributed by atoms with E-state index in [0.717, 1.165) is 23.9 Å². The second-order valence-electron chi connectivity index (χ2n) is 8.93. The summed E-state index contributed by atoms with van der Waals surface area (Å²) in [5.41, 5.74) is 1.19. The molecule has 1 radical (unpaired) electrons. The monoisotopic (exact) mass is 436 g/mol. The lowest BCUT2D eigenvalue weighted by atomic mass is 10.1. The topological polar surface area (TPSA) is 105 Å². The summed E-state index contributed by atoms with van der Waals surface area (Å²) in [6.07, 6.45) is 1.44. The van der Waals surface area contributed by atoms with Crippen LogP contribution in [0, 0.1) is 11.6 Å². The average molecular weight is 436 g/mol. The van der Waals surface area contributed by atoms with Gasteiger partial charge in [-0.15, -0.1) is 0 Å². The van der Waals surface area contributed by atoms with Crippen LogP contribution < -0.4 is 26.0 Å². The molecule has 3 aliphatic rings. The lowest BCUT2D eigenvalue weighted by Crippen LogP contribution is -2.52. The highest BCUT2D eigenvalue weighted by Crippen LogP contribution is 2.38. The van der Waals surface area contributed by atoms with Crippen LogP contribution in [0.1, 0.15) is 50.4 Å². The first-order valence-electron chi connectivity index (χ1n) is 10.2. The number of urea groups is 1. The molecule has 0 unspecified atom stereocenters. The summed E-state index contributed by atoms with van der Waals surface area (Å²) in [6, 6.07) is -0.430. The highest BCUT2D eigenvalue weighted by atomic mass is 19.1. The van der Waals surface area contributed by atoms with Gasteiger partial charge in [-0.2, -0.15) is 5.32 Å². The van der Waals surface area contributed by atoms with Crippen molar-refractivity contribution in [2.75, 3.05) is 23.0 Å². The number of nitrogens with zero attached hydrogens (tertiary/aromatic N) is 3. The zero-order chi connectivity index (χ0) is 22.5. The fraction of sp³-hybridized carbons (Fsp3) is 0.550. The number of hydrazine groups is 1. The van der Waals surface area contributed by atoms with Gasteiger partial charge in [0.25, 0.3) is 5.91 Å². The Morgan fingerprint density at radius 3 is 2.52 bits per heavy atom. The number of benzene rings is 1. The minimum atomic E-state index is -1.02. The molecule has 2 aliphatic heterocycles. The highest BCUT2D eigenvalue weighted by molar-refractivity contribution is 6.17. The SMILES string of the molecule is CC(C)(C)OC(=O)N[C@H]1CCN(c2c(F)cc3c(c2F)N(NC2CC2)C(=O)[N]C3=O)C1. The zero-order valence-electron chi connectivity index (χ0n) is 17.5. The second kappa shape index (κ2) is 7.63. The minimum Gasteiger partial charge on any atom is -0.444 e. The van der Waals surface area contributed by atoms with Crippen molar-refractivity contribution < 1.29 is 27.9 Å². The van der Waals surface area contributed by atoms with E-state index in [-0.39, 0.29) is 42.1 Å². The number of alkyl carbamates (subject to hydrolysis) is 1. The lowest BCUT2D eigenvalue weighted by molar-refractivity contribution is 0.0508. The first-order valence-corrected chi connectivity index (χ1v) is 10.2. The van der Waals surface area contributed by atoms with Crippen molar-refractivity contribution in [2.45, 2.75) is 57.7 Å². The van der Waals surface area contributed by atoms with Crippen LogP contribution in [0.2, 0.25) is 0 Å². The summed E-state index contributed by atoms with van der Waals surface area (Å²) in [6.45, 7) is 5.63. The number of carbonyl (C=O) groups excluding carboxylic acids is 3. The van der Waals surface area contributed by atoms with Gasteiger partial charge in [-0.3, -0.25) is 4.79 Å². The molecule has 2 fully saturated rings. The molecule has 9 nitrogen and oxygen atoms in total.